The normalized spacial score (nSPS) is 24.2. The predicted octanol–water partition coefficient (Wildman–Crippen LogP) is 3.06. The molecule has 1 aromatic rings. The molecule has 2 aliphatic rings. The first-order valence-corrected chi connectivity index (χ1v) is 7.33. The highest BCUT2D eigenvalue weighted by Crippen LogP contribution is 2.46. The summed E-state index contributed by atoms with van der Waals surface area (Å²) in [7, 11) is 1.75. The van der Waals surface area contributed by atoms with E-state index in [1.165, 1.54) is 31.2 Å². The van der Waals surface area contributed by atoms with Gasteiger partial charge in [-0.2, -0.15) is 0 Å². The summed E-state index contributed by atoms with van der Waals surface area (Å²) in [4.78, 5) is 0. The van der Waals surface area contributed by atoms with Crippen LogP contribution in [-0.4, -0.2) is 25.9 Å². The van der Waals surface area contributed by atoms with Crippen LogP contribution in [0.25, 0.3) is 0 Å². The Morgan fingerprint density at radius 2 is 2.11 bits per heavy atom. The summed E-state index contributed by atoms with van der Waals surface area (Å²) in [6, 6.07) is 8.86. The fraction of sp³-hybridized carbons (Fsp3) is 0.625. The number of fused-ring (bicyclic) bond motifs is 1. The molecule has 3 rings (SSSR count). The lowest BCUT2D eigenvalue weighted by molar-refractivity contribution is 0.0356. The summed E-state index contributed by atoms with van der Waals surface area (Å²) in [5.41, 5.74) is 1.38. The number of benzene rings is 1. The van der Waals surface area contributed by atoms with Crippen molar-refractivity contribution < 1.29 is 9.47 Å². The van der Waals surface area contributed by atoms with Gasteiger partial charge in [0.2, 0.25) is 0 Å². The molecule has 0 amide bonds. The molecule has 1 N–H and O–H groups in total. The Hall–Kier alpha value is -1.06. The molecule has 0 aromatic heterocycles. The fourth-order valence-electron chi connectivity index (χ4n) is 3.46. The van der Waals surface area contributed by atoms with Crippen molar-refractivity contribution >= 4 is 0 Å². The van der Waals surface area contributed by atoms with Gasteiger partial charge in [0.15, 0.2) is 0 Å². The smallest absolute Gasteiger partial charge is 0.124 e. The maximum atomic E-state index is 6.35. The van der Waals surface area contributed by atoms with E-state index in [0.717, 1.165) is 25.3 Å². The van der Waals surface area contributed by atoms with Gasteiger partial charge in [0, 0.05) is 31.7 Å². The van der Waals surface area contributed by atoms with Crippen molar-refractivity contribution in [1.82, 2.24) is 5.32 Å². The lowest BCUT2D eigenvalue weighted by Crippen LogP contribution is -2.42. The molecule has 1 saturated carbocycles. The van der Waals surface area contributed by atoms with E-state index in [0.29, 0.717) is 6.04 Å². The largest absolute Gasteiger partial charge is 0.487 e. The highest BCUT2D eigenvalue weighted by molar-refractivity contribution is 5.39. The summed E-state index contributed by atoms with van der Waals surface area (Å²) in [5.74, 6) is 1.07. The van der Waals surface area contributed by atoms with E-state index in [9.17, 15) is 0 Å². The minimum atomic E-state index is 0.0824. The van der Waals surface area contributed by atoms with E-state index in [2.05, 4.69) is 29.6 Å². The molecule has 1 unspecified atom stereocenters. The molecular weight excluding hydrogens is 238 g/mol. The average molecular weight is 261 g/mol. The van der Waals surface area contributed by atoms with Gasteiger partial charge in [-0.15, -0.1) is 0 Å². The van der Waals surface area contributed by atoms with Gasteiger partial charge in [-0.05, 0) is 31.7 Å². The number of hydrogen-bond acceptors (Lipinski definition) is 3. The van der Waals surface area contributed by atoms with Crippen LogP contribution >= 0.6 is 0 Å². The van der Waals surface area contributed by atoms with E-state index in [1.54, 1.807) is 7.11 Å². The number of ether oxygens (including phenoxy) is 2. The zero-order valence-electron chi connectivity index (χ0n) is 11.7. The lowest BCUT2D eigenvalue weighted by atomic mass is 9.86. The first-order valence-electron chi connectivity index (χ1n) is 7.33. The maximum absolute atomic E-state index is 6.35. The number of hydrogen-bond donors (Lipinski definition) is 1. The topological polar surface area (TPSA) is 30.5 Å². The third kappa shape index (κ3) is 2.63. The quantitative estimate of drug-likeness (QED) is 0.845. The molecule has 1 fully saturated rings. The Kier molecular flexibility index (Phi) is 3.76. The second-order valence-electron chi connectivity index (χ2n) is 5.73. The van der Waals surface area contributed by atoms with Crippen LogP contribution in [0, 0.1) is 0 Å². The summed E-state index contributed by atoms with van der Waals surface area (Å²) in [6.45, 7) is 1.65. The second-order valence-corrected chi connectivity index (χ2v) is 5.73. The molecule has 19 heavy (non-hydrogen) atoms. The Labute approximate surface area is 115 Å². The summed E-state index contributed by atoms with van der Waals surface area (Å²) in [6.07, 6.45) is 6.08. The van der Waals surface area contributed by atoms with Gasteiger partial charge in [0.05, 0.1) is 6.61 Å². The van der Waals surface area contributed by atoms with Gasteiger partial charge in [-0.25, -0.2) is 0 Å². The van der Waals surface area contributed by atoms with Crippen LogP contribution in [0.4, 0.5) is 0 Å². The van der Waals surface area contributed by atoms with Crippen molar-refractivity contribution in [2.75, 3.05) is 20.3 Å². The zero-order chi connectivity index (χ0) is 13.1. The van der Waals surface area contributed by atoms with Gasteiger partial charge in [0.25, 0.3) is 0 Å². The maximum Gasteiger partial charge on any atom is 0.124 e. The molecular formula is C16H23NO2. The van der Waals surface area contributed by atoms with Crippen molar-refractivity contribution in [3.05, 3.63) is 29.8 Å². The minimum Gasteiger partial charge on any atom is -0.487 e. The van der Waals surface area contributed by atoms with Gasteiger partial charge in [-0.1, -0.05) is 18.2 Å². The molecule has 1 aliphatic heterocycles. The first kappa shape index (κ1) is 12.9. The molecule has 1 heterocycles. The van der Waals surface area contributed by atoms with Crippen LogP contribution in [0.5, 0.6) is 5.75 Å². The summed E-state index contributed by atoms with van der Waals surface area (Å²) in [5, 5.41) is 3.62. The standard InChI is InChI=1S/C16H23NO2/c1-18-11-10-17-14-12-16(8-4-5-9-16)19-15-7-3-2-6-13(14)15/h2-3,6-7,14,17H,4-5,8-12H2,1H3. The molecule has 3 heteroatoms. The Balaban J connectivity index is 1.81. The van der Waals surface area contributed by atoms with Gasteiger partial charge in [0.1, 0.15) is 11.4 Å². The van der Waals surface area contributed by atoms with Crippen molar-refractivity contribution in [2.45, 2.75) is 43.7 Å². The highest BCUT2D eigenvalue weighted by atomic mass is 16.5. The van der Waals surface area contributed by atoms with Crippen molar-refractivity contribution in [1.29, 1.82) is 0 Å². The Bertz CT molecular complexity index is 427. The SMILES string of the molecule is COCCNC1CC2(CCCC2)Oc2ccccc21. The summed E-state index contributed by atoms with van der Waals surface area (Å²) < 4.78 is 11.5. The van der Waals surface area contributed by atoms with Crippen molar-refractivity contribution in [2.24, 2.45) is 0 Å². The van der Waals surface area contributed by atoms with Crippen molar-refractivity contribution in [3.63, 3.8) is 0 Å². The molecule has 1 atom stereocenters. The lowest BCUT2D eigenvalue weighted by Gasteiger charge is -2.40. The third-order valence-electron chi connectivity index (χ3n) is 4.41. The van der Waals surface area contributed by atoms with Crippen LogP contribution in [0.2, 0.25) is 0 Å². The van der Waals surface area contributed by atoms with E-state index in [-0.39, 0.29) is 5.60 Å². The zero-order valence-corrected chi connectivity index (χ0v) is 11.7. The number of nitrogens with one attached hydrogen (secondary N) is 1. The Morgan fingerprint density at radius 1 is 1.32 bits per heavy atom. The minimum absolute atomic E-state index is 0.0824. The fourth-order valence-corrected chi connectivity index (χ4v) is 3.46. The second kappa shape index (κ2) is 5.51. The van der Waals surface area contributed by atoms with Gasteiger partial charge >= 0.3 is 0 Å². The van der Waals surface area contributed by atoms with Crippen LogP contribution in [0.1, 0.15) is 43.7 Å². The molecule has 0 radical (unpaired) electrons. The van der Waals surface area contributed by atoms with Crippen LogP contribution < -0.4 is 10.1 Å². The van der Waals surface area contributed by atoms with Crippen LogP contribution in [0.15, 0.2) is 24.3 Å². The number of rotatable bonds is 4. The number of methoxy groups -OCH3 is 1. The monoisotopic (exact) mass is 261 g/mol. The third-order valence-corrected chi connectivity index (χ3v) is 4.41. The molecule has 1 aromatic carbocycles. The van der Waals surface area contributed by atoms with Crippen molar-refractivity contribution in [3.8, 4) is 5.75 Å². The van der Waals surface area contributed by atoms with Gasteiger partial charge < -0.3 is 14.8 Å². The molecule has 0 saturated heterocycles. The van der Waals surface area contributed by atoms with E-state index in [1.807, 2.05) is 0 Å². The Morgan fingerprint density at radius 3 is 2.89 bits per heavy atom. The van der Waals surface area contributed by atoms with Gasteiger partial charge in [-0.3, -0.25) is 0 Å². The average Bonchev–Trinajstić information content (AvgIpc) is 2.87. The van der Waals surface area contributed by atoms with E-state index < -0.39 is 0 Å². The molecule has 3 nitrogen and oxygen atoms in total. The van der Waals surface area contributed by atoms with E-state index in [4.69, 9.17) is 9.47 Å². The number of para-hydroxylation sites is 1. The summed E-state index contributed by atoms with van der Waals surface area (Å²) >= 11 is 0. The molecule has 104 valence electrons. The molecule has 1 aliphatic carbocycles. The molecule has 1 spiro atoms. The van der Waals surface area contributed by atoms with Crippen LogP contribution in [-0.2, 0) is 4.74 Å². The predicted molar refractivity (Wildman–Crippen MR) is 75.5 cm³/mol. The highest BCUT2D eigenvalue weighted by Gasteiger charge is 2.42. The first-order chi connectivity index (χ1) is 9.33. The van der Waals surface area contributed by atoms with E-state index >= 15 is 0 Å². The molecule has 0 bridgehead atoms. The van der Waals surface area contributed by atoms with Crippen LogP contribution in [0.3, 0.4) is 0 Å².